The van der Waals surface area contributed by atoms with Crippen LogP contribution in [0.15, 0.2) is 32.5 Å². The fraction of sp³-hybridized carbons (Fsp3) is 0. The first-order valence-electron chi connectivity index (χ1n) is 4.97. The van der Waals surface area contributed by atoms with Gasteiger partial charge in [-0.05, 0) is 56.1 Å². The first-order valence-corrected chi connectivity index (χ1v) is 7.75. The van der Waals surface area contributed by atoms with E-state index >= 15 is 0 Å². The normalized spacial score (nSPS) is 10.0. The smallest absolute Gasteiger partial charge is 0.265 e. The van der Waals surface area contributed by atoms with E-state index in [1.54, 1.807) is 18.2 Å². The predicted molar refractivity (Wildman–Crippen MR) is 83.8 cm³/mol. The second-order valence-electron chi connectivity index (χ2n) is 3.49. The highest BCUT2D eigenvalue weighted by Crippen LogP contribution is 2.32. The minimum atomic E-state index is -0.234. The summed E-state index contributed by atoms with van der Waals surface area (Å²) in [6, 6.07) is 8.46. The van der Waals surface area contributed by atoms with Crippen LogP contribution in [-0.2, 0) is 0 Å². The molecule has 2 aromatic rings. The number of hydrogen-bond donors (Lipinski definition) is 1. The number of rotatable bonds is 2. The van der Waals surface area contributed by atoms with E-state index in [1.165, 1.54) is 17.4 Å². The van der Waals surface area contributed by atoms with Crippen LogP contribution in [0.2, 0.25) is 5.02 Å². The lowest BCUT2D eigenvalue weighted by Crippen LogP contribution is -2.10. The average molecular weight is 421 g/mol. The van der Waals surface area contributed by atoms with E-state index in [0.717, 1.165) is 8.26 Å². The van der Waals surface area contributed by atoms with Gasteiger partial charge in [-0.2, -0.15) is 5.26 Å². The lowest BCUT2D eigenvalue weighted by Gasteiger charge is -2.04. The topological polar surface area (TPSA) is 52.9 Å². The third-order valence-electron chi connectivity index (χ3n) is 2.21. The molecule has 0 unspecified atom stereocenters. The van der Waals surface area contributed by atoms with Crippen LogP contribution < -0.4 is 5.32 Å². The van der Waals surface area contributed by atoms with E-state index in [2.05, 4.69) is 37.2 Å². The lowest BCUT2D eigenvalue weighted by molar-refractivity contribution is 0.103. The van der Waals surface area contributed by atoms with E-state index < -0.39 is 0 Å². The van der Waals surface area contributed by atoms with E-state index in [9.17, 15) is 4.79 Å². The van der Waals surface area contributed by atoms with Gasteiger partial charge in [-0.1, -0.05) is 11.6 Å². The highest BCUT2D eigenvalue weighted by Gasteiger charge is 2.12. The molecule has 96 valence electrons. The summed E-state index contributed by atoms with van der Waals surface area (Å²) in [7, 11) is 0. The summed E-state index contributed by atoms with van der Waals surface area (Å²) < 4.78 is 1.68. The summed E-state index contributed by atoms with van der Waals surface area (Å²) in [4.78, 5) is 12.6. The van der Waals surface area contributed by atoms with Crippen molar-refractivity contribution in [3.8, 4) is 6.07 Å². The van der Waals surface area contributed by atoms with E-state index in [1.807, 2.05) is 6.07 Å². The lowest BCUT2D eigenvalue weighted by atomic mass is 10.2. The molecule has 7 heteroatoms. The molecule has 19 heavy (non-hydrogen) atoms. The maximum absolute atomic E-state index is 12.0. The van der Waals surface area contributed by atoms with Crippen LogP contribution in [-0.4, -0.2) is 5.91 Å². The standard InChI is InChI=1S/C12H5Br2ClN2OS/c13-8-4-10(19-11(8)14)12(18)17-7-1-2-9(15)6(3-7)5-16/h1-4H,(H,17,18). The van der Waals surface area contributed by atoms with Gasteiger partial charge in [-0.25, -0.2) is 0 Å². The van der Waals surface area contributed by atoms with Crippen molar-refractivity contribution in [3.05, 3.63) is 48.0 Å². The number of nitriles is 1. The van der Waals surface area contributed by atoms with Crippen LogP contribution in [0.25, 0.3) is 0 Å². The Morgan fingerprint density at radius 2 is 2.11 bits per heavy atom. The van der Waals surface area contributed by atoms with Crippen LogP contribution >= 0.6 is 54.8 Å². The third kappa shape index (κ3) is 3.37. The van der Waals surface area contributed by atoms with Gasteiger partial charge >= 0.3 is 0 Å². The molecule has 0 atom stereocenters. The summed E-state index contributed by atoms with van der Waals surface area (Å²) in [5.74, 6) is -0.234. The van der Waals surface area contributed by atoms with Crippen LogP contribution in [0.1, 0.15) is 15.2 Å². The first kappa shape index (κ1) is 14.5. The Bertz CT molecular complexity index is 674. The number of nitrogens with zero attached hydrogens (tertiary/aromatic N) is 1. The van der Waals surface area contributed by atoms with Gasteiger partial charge in [-0.3, -0.25) is 4.79 Å². The summed E-state index contributed by atoms with van der Waals surface area (Å²) in [5.41, 5.74) is 0.861. The third-order valence-corrected chi connectivity index (χ3v) is 5.80. The number of benzene rings is 1. The summed E-state index contributed by atoms with van der Waals surface area (Å²) in [5, 5.41) is 12.0. The Kier molecular flexibility index (Phi) is 4.63. The van der Waals surface area contributed by atoms with Crippen LogP contribution in [0.5, 0.6) is 0 Å². The van der Waals surface area contributed by atoms with Gasteiger partial charge in [0.2, 0.25) is 0 Å². The first-order chi connectivity index (χ1) is 9.01. The molecular weight excluding hydrogens is 415 g/mol. The van der Waals surface area contributed by atoms with E-state index in [0.29, 0.717) is 21.2 Å². The van der Waals surface area contributed by atoms with Gasteiger partial charge in [0.15, 0.2) is 0 Å². The number of amides is 1. The molecule has 0 aliphatic rings. The van der Waals surface area contributed by atoms with Crippen LogP contribution in [0.4, 0.5) is 5.69 Å². The molecule has 1 amide bonds. The van der Waals surface area contributed by atoms with Crippen molar-refractivity contribution in [1.82, 2.24) is 0 Å². The number of nitrogens with one attached hydrogen (secondary N) is 1. The van der Waals surface area contributed by atoms with E-state index in [-0.39, 0.29) is 5.91 Å². The Balaban J connectivity index is 2.22. The number of thiophene rings is 1. The monoisotopic (exact) mass is 418 g/mol. The van der Waals surface area contributed by atoms with Gasteiger partial charge < -0.3 is 5.32 Å². The van der Waals surface area contributed by atoms with Gasteiger partial charge in [0.25, 0.3) is 5.91 Å². The Hall–Kier alpha value is -0.870. The number of carbonyl (C=O) groups is 1. The summed E-state index contributed by atoms with van der Waals surface area (Å²) >= 11 is 13.8. The molecule has 2 rings (SSSR count). The molecule has 0 aliphatic carbocycles. The number of hydrogen-bond acceptors (Lipinski definition) is 3. The van der Waals surface area contributed by atoms with Crippen molar-refractivity contribution in [1.29, 1.82) is 5.26 Å². The fourth-order valence-corrected chi connectivity index (χ4v) is 3.43. The van der Waals surface area contributed by atoms with Gasteiger partial charge in [0.05, 0.1) is 19.2 Å². The molecule has 0 bridgehead atoms. The number of carbonyl (C=O) groups excluding carboxylic acids is 1. The average Bonchev–Trinajstić information content (AvgIpc) is 2.72. The Morgan fingerprint density at radius 3 is 2.68 bits per heavy atom. The van der Waals surface area contributed by atoms with Crippen molar-refractivity contribution in [2.24, 2.45) is 0 Å². The molecule has 0 aliphatic heterocycles. The zero-order valence-corrected chi connectivity index (χ0v) is 14.0. The summed E-state index contributed by atoms with van der Waals surface area (Å²) in [6.45, 7) is 0. The van der Waals surface area contributed by atoms with Crippen molar-refractivity contribution < 1.29 is 4.79 Å². The van der Waals surface area contributed by atoms with Crippen molar-refractivity contribution in [2.75, 3.05) is 5.32 Å². The molecule has 0 spiro atoms. The van der Waals surface area contributed by atoms with Crippen molar-refractivity contribution in [2.45, 2.75) is 0 Å². The molecule has 1 heterocycles. The molecule has 1 N–H and O–H groups in total. The van der Waals surface area contributed by atoms with E-state index in [4.69, 9.17) is 16.9 Å². The molecule has 3 nitrogen and oxygen atoms in total. The second-order valence-corrected chi connectivity index (χ2v) is 7.12. The largest absolute Gasteiger partial charge is 0.321 e. The quantitative estimate of drug-likeness (QED) is 0.739. The second kappa shape index (κ2) is 6.06. The number of halogens is 3. The minimum Gasteiger partial charge on any atom is -0.321 e. The molecule has 1 aromatic heterocycles. The molecule has 0 fully saturated rings. The maximum Gasteiger partial charge on any atom is 0.265 e. The number of anilines is 1. The van der Waals surface area contributed by atoms with Crippen LogP contribution in [0, 0.1) is 11.3 Å². The molecular formula is C12H5Br2ClN2OS. The Labute approximate surface area is 135 Å². The van der Waals surface area contributed by atoms with Gasteiger partial charge in [0.1, 0.15) is 6.07 Å². The minimum absolute atomic E-state index is 0.234. The highest BCUT2D eigenvalue weighted by atomic mass is 79.9. The van der Waals surface area contributed by atoms with Gasteiger partial charge in [-0.15, -0.1) is 11.3 Å². The Morgan fingerprint density at radius 1 is 1.37 bits per heavy atom. The maximum atomic E-state index is 12.0. The zero-order chi connectivity index (χ0) is 14.0. The highest BCUT2D eigenvalue weighted by molar-refractivity contribution is 9.13. The zero-order valence-electron chi connectivity index (χ0n) is 9.21. The van der Waals surface area contributed by atoms with Gasteiger partial charge in [0, 0.05) is 10.2 Å². The SMILES string of the molecule is N#Cc1cc(NC(=O)c2cc(Br)c(Br)s2)ccc1Cl. The fourth-order valence-electron chi connectivity index (χ4n) is 1.34. The molecule has 0 saturated carbocycles. The van der Waals surface area contributed by atoms with Crippen LogP contribution in [0.3, 0.4) is 0 Å². The predicted octanol–water partition coefficient (Wildman–Crippen LogP) is 5.05. The molecule has 0 radical (unpaired) electrons. The van der Waals surface area contributed by atoms with Crippen molar-refractivity contribution >= 4 is 66.4 Å². The molecule has 1 aromatic carbocycles. The molecule has 0 saturated heterocycles. The summed E-state index contributed by atoms with van der Waals surface area (Å²) in [6.07, 6.45) is 0. The van der Waals surface area contributed by atoms with Crippen molar-refractivity contribution in [3.63, 3.8) is 0 Å².